The molecule has 0 saturated carbocycles. The second-order valence-electron chi connectivity index (χ2n) is 6.03. The number of carbonyl (C=O) groups excluding carboxylic acids is 1. The summed E-state index contributed by atoms with van der Waals surface area (Å²) < 4.78 is 7.72. The first-order valence-corrected chi connectivity index (χ1v) is 9.50. The van der Waals surface area contributed by atoms with E-state index in [1.165, 1.54) is 24.8 Å². The van der Waals surface area contributed by atoms with E-state index in [1.807, 2.05) is 26.0 Å². The van der Waals surface area contributed by atoms with Crippen molar-refractivity contribution in [3.63, 3.8) is 0 Å². The van der Waals surface area contributed by atoms with E-state index in [1.54, 1.807) is 17.9 Å². The molecule has 0 fully saturated rings. The van der Waals surface area contributed by atoms with Crippen molar-refractivity contribution in [3.8, 4) is 5.75 Å². The molecular weight excluding hydrogens is 415 g/mol. The van der Waals surface area contributed by atoms with E-state index in [4.69, 9.17) is 4.74 Å². The van der Waals surface area contributed by atoms with Gasteiger partial charge in [0.2, 0.25) is 0 Å². The highest BCUT2D eigenvalue weighted by molar-refractivity contribution is 14.1. The number of nitrogens with zero attached hydrogens (tertiary/aromatic N) is 2. The van der Waals surface area contributed by atoms with Crippen LogP contribution < -0.4 is 4.74 Å². The summed E-state index contributed by atoms with van der Waals surface area (Å²) in [5.41, 5.74) is 3.76. The number of rotatable bonds is 7. The third kappa shape index (κ3) is 4.18. The van der Waals surface area contributed by atoms with Crippen LogP contribution in [0.3, 0.4) is 0 Å². The zero-order chi connectivity index (χ0) is 17.7. The highest BCUT2D eigenvalue weighted by Gasteiger charge is 2.18. The van der Waals surface area contributed by atoms with Gasteiger partial charge in [0.05, 0.1) is 16.4 Å². The predicted molar refractivity (Wildman–Crippen MR) is 105 cm³/mol. The molecule has 0 amide bonds. The first-order valence-electron chi connectivity index (χ1n) is 8.42. The van der Waals surface area contributed by atoms with Gasteiger partial charge >= 0.3 is 0 Å². The average molecular weight is 440 g/mol. The molecule has 2 rings (SSSR count). The van der Waals surface area contributed by atoms with Crippen molar-refractivity contribution in [2.24, 2.45) is 0 Å². The molecule has 1 heterocycles. The average Bonchev–Trinajstić information content (AvgIpc) is 2.85. The Balaban J connectivity index is 2.22. The monoisotopic (exact) mass is 440 g/mol. The van der Waals surface area contributed by atoms with Crippen LogP contribution in [0, 0.1) is 17.4 Å². The van der Waals surface area contributed by atoms with E-state index in [0.29, 0.717) is 5.56 Å². The number of carbonyl (C=O) groups is 1. The van der Waals surface area contributed by atoms with E-state index in [2.05, 4.69) is 34.6 Å². The SMILES string of the molecule is CCCCCCc1c(C)nn(C(=O)c2ccc(OC)c(I)c2)c1C. The summed E-state index contributed by atoms with van der Waals surface area (Å²) in [7, 11) is 1.63. The summed E-state index contributed by atoms with van der Waals surface area (Å²) in [6, 6.07) is 5.46. The topological polar surface area (TPSA) is 44.1 Å². The lowest BCUT2D eigenvalue weighted by Crippen LogP contribution is -2.15. The summed E-state index contributed by atoms with van der Waals surface area (Å²) in [4.78, 5) is 12.8. The van der Waals surface area contributed by atoms with Gasteiger partial charge in [0.1, 0.15) is 5.75 Å². The lowest BCUT2D eigenvalue weighted by molar-refractivity contribution is 0.0942. The highest BCUT2D eigenvalue weighted by atomic mass is 127. The first-order chi connectivity index (χ1) is 11.5. The molecule has 0 N–H and O–H groups in total. The molecule has 130 valence electrons. The molecule has 0 aliphatic heterocycles. The minimum absolute atomic E-state index is 0.0871. The smallest absolute Gasteiger partial charge is 0.278 e. The van der Waals surface area contributed by atoms with Crippen molar-refractivity contribution in [1.29, 1.82) is 0 Å². The van der Waals surface area contributed by atoms with Crippen LogP contribution >= 0.6 is 22.6 Å². The van der Waals surface area contributed by atoms with Crippen LogP contribution in [0.15, 0.2) is 18.2 Å². The molecule has 4 nitrogen and oxygen atoms in total. The number of benzene rings is 1. The summed E-state index contributed by atoms with van der Waals surface area (Å²) in [5.74, 6) is 0.688. The number of unbranched alkanes of at least 4 members (excludes halogenated alkanes) is 3. The number of hydrogen-bond donors (Lipinski definition) is 0. The second kappa shape index (κ2) is 8.65. The van der Waals surface area contributed by atoms with Crippen molar-refractivity contribution in [1.82, 2.24) is 9.78 Å². The third-order valence-electron chi connectivity index (χ3n) is 4.31. The molecule has 0 unspecified atom stereocenters. The quantitative estimate of drug-likeness (QED) is 0.453. The van der Waals surface area contributed by atoms with Crippen LogP contribution in [-0.4, -0.2) is 22.8 Å². The van der Waals surface area contributed by atoms with Crippen molar-refractivity contribution in [2.75, 3.05) is 7.11 Å². The Kier molecular flexibility index (Phi) is 6.83. The van der Waals surface area contributed by atoms with Crippen LogP contribution in [-0.2, 0) is 6.42 Å². The largest absolute Gasteiger partial charge is 0.496 e. The van der Waals surface area contributed by atoms with Crippen LogP contribution in [0.2, 0.25) is 0 Å². The fraction of sp³-hybridized carbons (Fsp3) is 0.474. The highest BCUT2D eigenvalue weighted by Crippen LogP contribution is 2.23. The van der Waals surface area contributed by atoms with Crippen molar-refractivity contribution >= 4 is 28.5 Å². The van der Waals surface area contributed by atoms with E-state index in [9.17, 15) is 4.79 Å². The molecule has 1 aromatic carbocycles. The molecule has 1 aromatic heterocycles. The number of hydrogen-bond acceptors (Lipinski definition) is 3. The maximum absolute atomic E-state index is 12.8. The van der Waals surface area contributed by atoms with Gasteiger partial charge in [-0.1, -0.05) is 26.2 Å². The zero-order valence-corrected chi connectivity index (χ0v) is 17.0. The van der Waals surface area contributed by atoms with E-state index < -0.39 is 0 Å². The Morgan fingerprint density at radius 2 is 2.00 bits per heavy atom. The lowest BCUT2D eigenvalue weighted by Gasteiger charge is -2.07. The standard InChI is InChI=1S/C19H25IN2O2/c1-5-6-7-8-9-16-13(2)21-22(14(16)3)19(23)15-10-11-18(24-4)17(20)12-15/h10-12H,5-9H2,1-4H3. The Morgan fingerprint density at radius 3 is 2.62 bits per heavy atom. The molecule has 24 heavy (non-hydrogen) atoms. The van der Waals surface area contributed by atoms with Gasteiger partial charge in [0.25, 0.3) is 5.91 Å². The minimum Gasteiger partial charge on any atom is -0.496 e. The number of aryl methyl sites for hydroxylation is 1. The van der Waals surface area contributed by atoms with Crippen LogP contribution in [0.1, 0.15) is 59.9 Å². The van der Waals surface area contributed by atoms with Crippen molar-refractivity contribution in [2.45, 2.75) is 52.9 Å². The maximum atomic E-state index is 12.8. The number of halogens is 1. The van der Waals surface area contributed by atoms with Gasteiger partial charge in [-0.05, 0) is 73.0 Å². The summed E-state index contributed by atoms with van der Waals surface area (Å²) in [5, 5.41) is 4.49. The Labute approximate surface area is 157 Å². The van der Waals surface area contributed by atoms with Crippen LogP contribution in [0.5, 0.6) is 5.75 Å². The Bertz CT molecular complexity index is 722. The van der Waals surface area contributed by atoms with E-state index >= 15 is 0 Å². The van der Waals surface area contributed by atoms with Crippen LogP contribution in [0.25, 0.3) is 0 Å². The number of ether oxygens (including phenoxy) is 1. The fourth-order valence-electron chi connectivity index (χ4n) is 2.88. The predicted octanol–water partition coefficient (Wildman–Crippen LogP) is 4.92. The fourth-order valence-corrected chi connectivity index (χ4v) is 3.62. The first kappa shape index (κ1) is 19.0. The third-order valence-corrected chi connectivity index (χ3v) is 5.16. The molecule has 2 aromatic rings. The second-order valence-corrected chi connectivity index (χ2v) is 7.19. The summed E-state index contributed by atoms with van der Waals surface area (Å²) in [6.07, 6.45) is 5.85. The Hall–Kier alpha value is -1.37. The van der Waals surface area contributed by atoms with Gasteiger partial charge in [-0.25, -0.2) is 4.68 Å². The molecule has 0 aliphatic rings. The molecular formula is C19H25IN2O2. The summed E-state index contributed by atoms with van der Waals surface area (Å²) in [6.45, 7) is 6.19. The van der Waals surface area contributed by atoms with Crippen molar-refractivity contribution in [3.05, 3.63) is 44.3 Å². The van der Waals surface area contributed by atoms with Crippen molar-refractivity contribution < 1.29 is 9.53 Å². The normalized spacial score (nSPS) is 10.9. The van der Waals surface area contributed by atoms with Gasteiger partial charge in [-0.15, -0.1) is 0 Å². The molecule has 5 heteroatoms. The molecule has 0 atom stereocenters. The number of aromatic nitrogens is 2. The molecule has 0 saturated heterocycles. The van der Waals surface area contributed by atoms with Gasteiger partial charge in [0.15, 0.2) is 0 Å². The van der Waals surface area contributed by atoms with Gasteiger partial charge in [-0.2, -0.15) is 5.10 Å². The van der Waals surface area contributed by atoms with E-state index in [-0.39, 0.29) is 5.91 Å². The van der Waals surface area contributed by atoms with Gasteiger partial charge in [0, 0.05) is 11.3 Å². The molecule has 0 radical (unpaired) electrons. The van der Waals surface area contributed by atoms with Gasteiger partial charge < -0.3 is 4.74 Å². The molecule has 0 bridgehead atoms. The zero-order valence-electron chi connectivity index (χ0n) is 14.9. The molecule has 0 aliphatic carbocycles. The summed E-state index contributed by atoms with van der Waals surface area (Å²) >= 11 is 2.18. The lowest BCUT2D eigenvalue weighted by atomic mass is 10.0. The van der Waals surface area contributed by atoms with Crippen LogP contribution in [0.4, 0.5) is 0 Å². The molecule has 0 spiro atoms. The van der Waals surface area contributed by atoms with Gasteiger partial charge in [-0.3, -0.25) is 4.79 Å². The number of methoxy groups -OCH3 is 1. The van der Waals surface area contributed by atoms with E-state index in [0.717, 1.165) is 33.5 Å². The maximum Gasteiger partial charge on any atom is 0.278 e. The minimum atomic E-state index is -0.0871. The Morgan fingerprint density at radius 1 is 1.25 bits per heavy atom.